The number of rotatable bonds is 7. The van der Waals surface area contributed by atoms with Crippen molar-refractivity contribution >= 4 is 6.03 Å². The minimum absolute atomic E-state index is 0.198. The first kappa shape index (κ1) is 23.9. The van der Waals surface area contributed by atoms with Crippen molar-refractivity contribution < 1.29 is 32.5 Å². The molecule has 2 aromatic rings. The number of morpholine rings is 1. The summed E-state index contributed by atoms with van der Waals surface area (Å²) in [6.45, 7) is 1.22. The fourth-order valence-electron chi connectivity index (χ4n) is 3.59. The second kappa shape index (κ2) is 10.7. The minimum Gasteiger partial charge on any atom is -0.497 e. The number of carbonyl (C=O) groups excluding carboxylic acids is 1. The molecule has 6 nitrogen and oxygen atoms in total. The first-order chi connectivity index (χ1) is 15.3. The zero-order chi connectivity index (χ0) is 23.1. The second-order valence-electron chi connectivity index (χ2n) is 7.72. The molecule has 32 heavy (non-hydrogen) atoms. The molecule has 0 radical (unpaired) electrons. The zero-order valence-electron chi connectivity index (χ0n) is 17.8. The number of urea groups is 1. The Bertz CT molecular complexity index is 890. The van der Waals surface area contributed by atoms with E-state index in [0.717, 1.165) is 17.7 Å². The number of aliphatic hydroxyl groups excluding tert-OH is 1. The van der Waals surface area contributed by atoms with Gasteiger partial charge in [0.25, 0.3) is 0 Å². The molecule has 1 heterocycles. The Kier molecular flexibility index (Phi) is 7.98. The topological polar surface area (TPSA) is 71.0 Å². The standard InChI is InChI=1S/C23H27F3N2O4/c1-31-20-4-2-3-18(12-20)21-14-28(9-10-32-21)22(30)27-13-17(15-29)11-16-5-7-19(8-6-16)23(24,25)26/h2-8,12,17,21,29H,9-11,13-15H2,1H3,(H,27,30). The van der Waals surface area contributed by atoms with Gasteiger partial charge in [0.15, 0.2) is 0 Å². The predicted molar refractivity (Wildman–Crippen MR) is 112 cm³/mol. The number of nitrogens with zero attached hydrogens (tertiary/aromatic N) is 1. The van der Waals surface area contributed by atoms with Gasteiger partial charge in [-0.25, -0.2) is 4.79 Å². The second-order valence-corrected chi connectivity index (χ2v) is 7.72. The van der Waals surface area contributed by atoms with Gasteiger partial charge in [0.05, 0.1) is 25.8 Å². The van der Waals surface area contributed by atoms with E-state index in [4.69, 9.17) is 9.47 Å². The number of amides is 2. The Morgan fingerprint density at radius 3 is 2.69 bits per heavy atom. The number of aliphatic hydroxyl groups is 1. The van der Waals surface area contributed by atoms with E-state index < -0.39 is 11.7 Å². The van der Waals surface area contributed by atoms with Gasteiger partial charge in [0, 0.05) is 25.6 Å². The number of carbonyl (C=O) groups is 1. The number of benzene rings is 2. The minimum atomic E-state index is -4.39. The van der Waals surface area contributed by atoms with Crippen LogP contribution in [0.5, 0.6) is 5.75 Å². The van der Waals surface area contributed by atoms with Crippen molar-refractivity contribution in [2.24, 2.45) is 5.92 Å². The summed E-state index contributed by atoms with van der Waals surface area (Å²) in [5.41, 5.74) is 0.862. The number of methoxy groups -OCH3 is 1. The van der Waals surface area contributed by atoms with Crippen LogP contribution in [0.3, 0.4) is 0 Å². The number of halogens is 3. The number of ether oxygens (including phenoxy) is 2. The van der Waals surface area contributed by atoms with Crippen LogP contribution in [0, 0.1) is 5.92 Å². The third kappa shape index (κ3) is 6.37. The van der Waals surface area contributed by atoms with Gasteiger partial charge in [-0.05, 0) is 41.8 Å². The van der Waals surface area contributed by atoms with Gasteiger partial charge < -0.3 is 24.8 Å². The summed E-state index contributed by atoms with van der Waals surface area (Å²) in [6.07, 6.45) is -4.31. The van der Waals surface area contributed by atoms with Gasteiger partial charge in [0.1, 0.15) is 11.9 Å². The van der Waals surface area contributed by atoms with Crippen molar-refractivity contribution in [3.63, 3.8) is 0 Å². The lowest BCUT2D eigenvalue weighted by atomic mass is 9.99. The summed E-state index contributed by atoms with van der Waals surface area (Å²) in [7, 11) is 1.59. The molecule has 2 unspecified atom stereocenters. The molecule has 0 aliphatic carbocycles. The van der Waals surface area contributed by atoms with Crippen LogP contribution in [0.4, 0.5) is 18.0 Å². The fraction of sp³-hybridized carbons (Fsp3) is 0.435. The largest absolute Gasteiger partial charge is 0.497 e. The monoisotopic (exact) mass is 452 g/mol. The molecule has 1 aliphatic rings. The average molecular weight is 452 g/mol. The van der Waals surface area contributed by atoms with Crippen LogP contribution in [0.2, 0.25) is 0 Å². The summed E-state index contributed by atoms with van der Waals surface area (Å²) < 4.78 is 49.2. The first-order valence-corrected chi connectivity index (χ1v) is 10.4. The molecule has 1 aliphatic heterocycles. The molecule has 3 rings (SSSR count). The highest BCUT2D eigenvalue weighted by Gasteiger charge is 2.30. The number of alkyl halides is 3. The molecule has 1 saturated heterocycles. The smallest absolute Gasteiger partial charge is 0.416 e. The van der Waals surface area contributed by atoms with Gasteiger partial charge in [0.2, 0.25) is 0 Å². The lowest BCUT2D eigenvalue weighted by Crippen LogP contribution is -2.48. The maximum absolute atomic E-state index is 12.7. The van der Waals surface area contributed by atoms with Gasteiger partial charge in [-0.2, -0.15) is 13.2 Å². The highest BCUT2D eigenvalue weighted by atomic mass is 19.4. The molecule has 9 heteroatoms. The highest BCUT2D eigenvalue weighted by molar-refractivity contribution is 5.74. The fourth-order valence-corrected chi connectivity index (χ4v) is 3.59. The van der Waals surface area contributed by atoms with Crippen molar-refractivity contribution in [2.75, 3.05) is 40.0 Å². The molecular weight excluding hydrogens is 425 g/mol. The quantitative estimate of drug-likeness (QED) is 0.673. The molecule has 0 saturated carbocycles. The Morgan fingerprint density at radius 1 is 1.28 bits per heavy atom. The molecule has 2 amide bonds. The Balaban J connectivity index is 1.53. The molecular formula is C23H27F3N2O4. The Morgan fingerprint density at radius 2 is 2.03 bits per heavy atom. The number of hydrogen-bond acceptors (Lipinski definition) is 4. The predicted octanol–water partition coefficient (Wildman–Crippen LogP) is 3.65. The SMILES string of the molecule is COc1cccc(C2CN(C(=O)NCC(CO)Cc3ccc(C(F)(F)F)cc3)CCO2)c1. The van der Waals surface area contributed by atoms with Crippen LogP contribution in [0.15, 0.2) is 48.5 Å². The lowest BCUT2D eigenvalue weighted by molar-refractivity contribution is -0.137. The molecule has 2 aromatic carbocycles. The van der Waals surface area contributed by atoms with Gasteiger partial charge in [-0.1, -0.05) is 24.3 Å². The maximum atomic E-state index is 12.7. The average Bonchev–Trinajstić information content (AvgIpc) is 2.81. The first-order valence-electron chi connectivity index (χ1n) is 10.4. The van der Waals surface area contributed by atoms with Crippen molar-refractivity contribution in [3.05, 3.63) is 65.2 Å². The molecule has 0 aromatic heterocycles. The molecule has 0 bridgehead atoms. The van der Waals surface area contributed by atoms with Crippen LogP contribution in [0.25, 0.3) is 0 Å². The van der Waals surface area contributed by atoms with Crippen molar-refractivity contribution in [3.8, 4) is 5.75 Å². The van der Waals surface area contributed by atoms with E-state index in [9.17, 15) is 23.1 Å². The van der Waals surface area contributed by atoms with Gasteiger partial charge in [-0.3, -0.25) is 0 Å². The number of hydrogen-bond donors (Lipinski definition) is 2. The highest BCUT2D eigenvalue weighted by Crippen LogP contribution is 2.29. The van der Waals surface area contributed by atoms with Crippen LogP contribution in [-0.4, -0.2) is 56.0 Å². The van der Waals surface area contributed by atoms with Crippen LogP contribution >= 0.6 is 0 Å². The molecule has 0 spiro atoms. The Hall–Kier alpha value is -2.78. The van der Waals surface area contributed by atoms with E-state index in [1.54, 1.807) is 12.0 Å². The van der Waals surface area contributed by atoms with E-state index in [-0.39, 0.29) is 31.2 Å². The Labute approximate surface area is 184 Å². The zero-order valence-corrected chi connectivity index (χ0v) is 17.8. The van der Waals surface area contributed by atoms with E-state index >= 15 is 0 Å². The molecule has 1 fully saturated rings. The molecule has 174 valence electrons. The van der Waals surface area contributed by atoms with E-state index in [1.165, 1.54) is 12.1 Å². The van der Waals surface area contributed by atoms with E-state index in [1.807, 2.05) is 24.3 Å². The molecule has 2 atom stereocenters. The van der Waals surface area contributed by atoms with E-state index in [0.29, 0.717) is 37.4 Å². The maximum Gasteiger partial charge on any atom is 0.416 e. The summed E-state index contributed by atoms with van der Waals surface area (Å²) in [5, 5.41) is 12.5. The van der Waals surface area contributed by atoms with Gasteiger partial charge >= 0.3 is 12.2 Å². The summed E-state index contributed by atoms with van der Waals surface area (Å²) >= 11 is 0. The third-order valence-electron chi connectivity index (χ3n) is 5.43. The normalized spacial score (nSPS) is 17.7. The van der Waals surface area contributed by atoms with Crippen molar-refractivity contribution in [2.45, 2.75) is 18.7 Å². The summed E-state index contributed by atoms with van der Waals surface area (Å²) in [6, 6.07) is 12.1. The van der Waals surface area contributed by atoms with Crippen LogP contribution < -0.4 is 10.1 Å². The van der Waals surface area contributed by atoms with Crippen molar-refractivity contribution in [1.82, 2.24) is 10.2 Å². The van der Waals surface area contributed by atoms with E-state index in [2.05, 4.69) is 5.32 Å². The van der Waals surface area contributed by atoms with Crippen LogP contribution in [-0.2, 0) is 17.3 Å². The third-order valence-corrected chi connectivity index (χ3v) is 5.43. The molecule has 2 N–H and O–H groups in total. The van der Waals surface area contributed by atoms with Gasteiger partial charge in [-0.15, -0.1) is 0 Å². The lowest BCUT2D eigenvalue weighted by Gasteiger charge is -2.33. The van der Waals surface area contributed by atoms with Crippen LogP contribution in [0.1, 0.15) is 22.8 Å². The number of nitrogens with one attached hydrogen (secondary N) is 1. The van der Waals surface area contributed by atoms with Crippen molar-refractivity contribution in [1.29, 1.82) is 0 Å². The summed E-state index contributed by atoms with van der Waals surface area (Å²) in [4.78, 5) is 14.3. The summed E-state index contributed by atoms with van der Waals surface area (Å²) in [5.74, 6) is 0.396.